The lowest BCUT2D eigenvalue weighted by Gasteiger charge is -2.35. The normalized spacial score (nSPS) is 52.5. The minimum absolute atomic E-state index is 0.420. The highest BCUT2D eigenvalue weighted by Crippen LogP contribution is 2.45. The van der Waals surface area contributed by atoms with Gasteiger partial charge in [0.2, 0.25) is 0 Å². The maximum Gasteiger partial charge on any atom is 0.353 e. The Balaban J connectivity index is 0.000000560. The highest BCUT2D eigenvalue weighted by atomic mass is 35.7. The van der Waals surface area contributed by atoms with Crippen molar-refractivity contribution in [3.05, 3.63) is 0 Å². The van der Waals surface area contributed by atoms with Crippen molar-refractivity contribution in [2.75, 3.05) is 0 Å². The molecular weight excluding hydrogens is 612 g/mol. The van der Waals surface area contributed by atoms with E-state index in [0.717, 1.165) is 47.3 Å². The number of hydrogen-bond donors (Lipinski definition) is 9. The fourth-order valence-corrected chi connectivity index (χ4v) is 12.0. The van der Waals surface area contributed by atoms with E-state index in [0.29, 0.717) is 49.3 Å². The van der Waals surface area contributed by atoms with Gasteiger partial charge in [-0.25, -0.2) is 0 Å². The molecule has 256 valence electrons. The first-order valence-corrected chi connectivity index (χ1v) is 20.8. The topological polar surface area (TPSA) is 151 Å². The summed E-state index contributed by atoms with van der Waals surface area (Å²) in [5.41, 5.74) is 0. The standard InChI is InChI=1S/C32H56N8.ClHO3S/c1-2-10-18-17(9-1)25-33-26(18)38-28-21-13-5-6-14-22(21)30(35-28)40-32-24-16-8-7-15-23(24)31(36-32)39-29-20-12-4-3-11-19(20)27(34-29)37-25;1-5(2,3)4/h17-40H,1-16H2;(H,2,3,4). The molecule has 13 heteroatoms. The third-order valence-electron chi connectivity index (χ3n) is 13.8. The van der Waals surface area contributed by atoms with Crippen molar-refractivity contribution in [2.45, 2.75) is 152 Å². The van der Waals surface area contributed by atoms with Gasteiger partial charge in [-0.2, -0.15) is 8.42 Å². The van der Waals surface area contributed by atoms with Gasteiger partial charge in [-0.3, -0.25) is 47.1 Å². The van der Waals surface area contributed by atoms with E-state index in [1.807, 2.05) is 0 Å². The van der Waals surface area contributed by atoms with E-state index in [-0.39, 0.29) is 0 Å². The molecule has 4 aliphatic carbocycles. The van der Waals surface area contributed by atoms with Gasteiger partial charge >= 0.3 is 9.33 Å². The van der Waals surface area contributed by atoms with Gasteiger partial charge in [0.15, 0.2) is 0 Å². The van der Waals surface area contributed by atoms with Crippen LogP contribution in [0.3, 0.4) is 0 Å². The largest absolute Gasteiger partial charge is 0.353 e. The third-order valence-corrected chi connectivity index (χ3v) is 13.8. The van der Waals surface area contributed by atoms with Gasteiger partial charge in [-0.15, -0.1) is 0 Å². The lowest BCUT2D eigenvalue weighted by Crippen LogP contribution is -2.61. The summed E-state index contributed by atoms with van der Waals surface area (Å²) in [4.78, 5) is 0. The zero-order valence-corrected chi connectivity index (χ0v) is 28.2. The molecule has 4 saturated carbocycles. The van der Waals surface area contributed by atoms with Gasteiger partial charge < -0.3 is 0 Å². The third kappa shape index (κ3) is 6.61. The first kappa shape index (κ1) is 32.1. The molecule has 0 amide bonds. The molecule has 0 aromatic rings. The summed E-state index contributed by atoms with van der Waals surface area (Å²) in [6.07, 6.45) is 25.6. The number of hydrogen-bond acceptors (Lipinski definition) is 10. The van der Waals surface area contributed by atoms with E-state index in [2.05, 4.69) is 53.2 Å². The molecule has 8 bridgehead atoms. The predicted octanol–water partition coefficient (Wildman–Crippen LogP) is 2.63. The lowest BCUT2D eigenvalue weighted by molar-refractivity contribution is 0.167. The van der Waals surface area contributed by atoms with Gasteiger partial charge in [-0.1, -0.05) is 51.4 Å². The van der Waals surface area contributed by atoms with Crippen LogP contribution in [0.1, 0.15) is 103 Å². The Hall–Kier alpha value is -0.120. The second-order valence-electron chi connectivity index (χ2n) is 16.0. The molecule has 11 nitrogen and oxygen atoms in total. The quantitative estimate of drug-likeness (QED) is 0.139. The van der Waals surface area contributed by atoms with Gasteiger partial charge in [0.25, 0.3) is 0 Å². The van der Waals surface area contributed by atoms with E-state index >= 15 is 0 Å². The van der Waals surface area contributed by atoms with E-state index in [4.69, 9.17) is 13.0 Å². The second-order valence-corrected chi connectivity index (χ2v) is 18.0. The van der Waals surface area contributed by atoms with Crippen molar-refractivity contribution >= 4 is 20.0 Å². The minimum Gasteiger partial charge on any atom is -0.286 e. The molecule has 9 rings (SSSR count). The Morgan fingerprint density at radius 1 is 0.356 bits per heavy atom. The first-order valence-electron chi connectivity index (χ1n) is 18.6. The van der Waals surface area contributed by atoms with Crippen LogP contribution in [-0.2, 0) is 9.33 Å². The fraction of sp³-hybridized carbons (Fsp3) is 1.00. The summed E-state index contributed by atoms with van der Waals surface area (Å²) in [7, 11) is -0.137. The molecule has 0 spiro atoms. The van der Waals surface area contributed by atoms with Crippen LogP contribution in [0, 0.1) is 47.3 Å². The van der Waals surface area contributed by atoms with Crippen molar-refractivity contribution in [1.82, 2.24) is 42.5 Å². The van der Waals surface area contributed by atoms with Gasteiger partial charge in [-0.05, 0) is 98.7 Å². The Bertz CT molecular complexity index is 937. The summed E-state index contributed by atoms with van der Waals surface area (Å²) >= 11 is 0. The molecule has 5 aliphatic heterocycles. The SMILES string of the molecule is C1CCC2C3NC(NC4NC(NC5NC(NC6NC(N3)C3CCCCC63)C3CCCCC53)C3CCCCC43)C2C1.O=S(=O)(O)Cl. The van der Waals surface area contributed by atoms with E-state index < -0.39 is 9.33 Å². The van der Waals surface area contributed by atoms with Crippen molar-refractivity contribution in [3.63, 3.8) is 0 Å². The van der Waals surface area contributed by atoms with Crippen LogP contribution in [0.25, 0.3) is 0 Å². The maximum atomic E-state index is 8.95. The number of halogens is 1. The molecule has 0 aromatic carbocycles. The first-order chi connectivity index (χ1) is 21.8. The van der Waals surface area contributed by atoms with Crippen LogP contribution in [0.15, 0.2) is 0 Å². The number of nitrogens with one attached hydrogen (secondary N) is 8. The zero-order chi connectivity index (χ0) is 30.7. The highest BCUT2D eigenvalue weighted by Gasteiger charge is 2.54. The summed E-state index contributed by atoms with van der Waals surface area (Å²) in [6.45, 7) is 0. The van der Waals surface area contributed by atoms with Crippen LogP contribution < -0.4 is 42.5 Å². The molecule has 8 unspecified atom stereocenters. The highest BCUT2D eigenvalue weighted by molar-refractivity contribution is 8.09. The zero-order valence-electron chi connectivity index (χ0n) is 26.6. The Morgan fingerprint density at radius 2 is 0.467 bits per heavy atom. The van der Waals surface area contributed by atoms with Crippen molar-refractivity contribution < 1.29 is 13.0 Å². The summed E-state index contributed by atoms with van der Waals surface area (Å²) < 4.78 is 25.2. The number of rotatable bonds is 0. The van der Waals surface area contributed by atoms with Crippen LogP contribution >= 0.6 is 10.7 Å². The maximum absolute atomic E-state index is 8.95. The van der Waals surface area contributed by atoms with Gasteiger partial charge in [0.05, 0.1) is 49.3 Å². The van der Waals surface area contributed by atoms with Crippen LogP contribution in [-0.4, -0.2) is 62.3 Å². The summed E-state index contributed by atoms with van der Waals surface area (Å²) in [6, 6.07) is 0. The second kappa shape index (κ2) is 13.3. The van der Waals surface area contributed by atoms with E-state index in [1.54, 1.807) is 0 Å². The van der Waals surface area contributed by atoms with Crippen molar-refractivity contribution in [3.8, 4) is 0 Å². The van der Waals surface area contributed by atoms with Crippen molar-refractivity contribution in [1.29, 1.82) is 0 Å². The molecular formula is C32H57ClN8O3S. The van der Waals surface area contributed by atoms with E-state index in [1.165, 1.54) is 103 Å². The average molecular weight is 669 g/mol. The van der Waals surface area contributed by atoms with Crippen LogP contribution in [0.5, 0.6) is 0 Å². The van der Waals surface area contributed by atoms with Crippen LogP contribution in [0.4, 0.5) is 0 Å². The fourth-order valence-electron chi connectivity index (χ4n) is 12.0. The molecule has 9 aliphatic rings. The smallest absolute Gasteiger partial charge is 0.286 e. The molecule has 5 heterocycles. The Kier molecular flexibility index (Phi) is 9.49. The summed E-state index contributed by atoms with van der Waals surface area (Å²) in [5.74, 6) is 5.97. The molecule has 9 fully saturated rings. The lowest BCUT2D eigenvalue weighted by atomic mass is 9.76. The van der Waals surface area contributed by atoms with Crippen molar-refractivity contribution in [2.24, 2.45) is 47.3 Å². The van der Waals surface area contributed by atoms with Gasteiger partial charge in [0.1, 0.15) is 0 Å². The number of fused-ring (bicyclic) bond motifs is 20. The van der Waals surface area contributed by atoms with Gasteiger partial charge in [0, 0.05) is 10.7 Å². The molecule has 8 atom stereocenters. The molecule has 5 saturated heterocycles. The Morgan fingerprint density at radius 3 is 0.578 bits per heavy atom. The molecule has 0 radical (unpaired) electrons. The molecule has 0 aromatic heterocycles. The summed E-state index contributed by atoms with van der Waals surface area (Å²) in [5, 5.41) is 33.8. The average Bonchev–Trinajstić information content (AvgIpc) is 3.76. The Labute approximate surface area is 274 Å². The van der Waals surface area contributed by atoms with Crippen LogP contribution in [0.2, 0.25) is 0 Å². The molecule has 9 N–H and O–H groups in total. The predicted molar refractivity (Wildman–Crippen MR) is 175 cm³/mol. The van der Waals surface area contributed by atoms with E-state index in [9.17, 15) is 0 Å². The molecule has 45 heavy (non-hydrogen) atoms. The monoisotopic (exact) mass is 668 g/mol. The minimum atomic E-state index is -4.19.